The van der Waals surface area contributed by atoms with Crippen molar-refractivity contribution in [3.8, 4) is 17.2 Å². The average molecular weight is 515 g/mol. The summed E-state index contributed by atoms with van der Waals surface area (Å²) < 4.78 is 11.8. The molecule has 1 amide bonds. The van der Waals surface area contributed by atoms with Gasteiger partial charge in [0.15, 0.2) is 5.13 Å². The van der Waals surface area contributed by atoms with Gasteiger partial charge in [-0.25, -0.2) is 4.98 Å². The standard InChI is InChI=1S/C28H22N2O6S/c1-14-11-17-12-16(5-10-21(17)36-14)25(32)23-24(15-3-6-18(31)7-4-15)30(27(34)26(23)33)28-29-20-9-8-19(35-2)13-22(20)37-28/h3-10,12-14,24,31-32H,11H2,1-2H3/t14-,24+/m0/s1. The molecule has 0 aliphatic carbocycles. The third-order valence-electron chi connectivity index (χ3n) is 6.61. The van der Waals surface area contributed by atoms with E-state index < -0.39 is 17.7 Å². The van der Waals surface area contributed by atoms with Gasteiger partial charge in [0.1, 0.15) is 29.1 Å². The molecule has 0 bridgehead atoms. The van der Waals surface area contributed by atoms with Gasteiger partial charge >= 0.3 is 5.91 Å². The number of phenols is 1. The number of ketones is 1. The minimum Gasteiger partial charge on any atom is -0.508 e. The first-order valence-electron chi connectivity index (χ1n) is 11.7. The van der Waals surface area contributed by atoms with Crippen LogP contribution in [0.3, 0.4) is 0 Å². The SMILES string of the molecule is COc1ccc2nc(N3C(=O)C(=O)C(=C(O)c4ccc5c(c4)C[C@H](C)O5)[C@H]3c3ccc(O)cc3)sc2c1. The molecule has 6 rings (SSSR count). The number of hydrogen-bond acceptors (Lipinski definition) is 8. The molecule has 2 aliphatic rings. The van der Waals surface area contributed by atoms with Crippen molar-refractivity contribution in [3.63, 3.8) is 0 Å². The third kappa shape index (κ3) is 3.79. The number of phenolic OH excluding ortho intramolecular Hbond substituents is 1. The summed E-state index contributed by atoms with van der Waals surface area (Å²) in [5, 5.41) is 21.6. The number of Topliss-reactive ketones (excluding diaryl/α,β-unsaturated/α-hetero) is 1. The van der Waals surface area contributed by atoms with Crippen molar-refractivity contribution >= 4 is 44.1 Å². The molecule has 1 aromatic heterocycles. The number of amides is 1. The molecule has 0 radical (unpaired) electrons. The normalized spacial score (nSPS) is 20.3. The minimum atomic E-state index is -0.938. The number of rotatable bonds is 4. The highest BCUT2D eigenvalue weighted by Crippen LogP contribution is 2.45. The second-order valence-electron chi connectivity index (χ2n) is 9.05. The number of carbonyl (C=O) groups is 2. The van der Waals surface area contributed by atoms with Gasteiger partial charge in [-0.1, -0.05) is 23.5 Å². The first-order chi connectivity index (χ1) is 17.8. The molecule has 4 aromatic rings. The first-order valence-corrected chi connectivity index (χ1v) is 12.5. The summed E-state index contributed by atoms with van der Waals surface area (Å²) in [7, 11) is 1.57. The second kappa shape index (κ2) is 8.63. The van der Waals surface area contributed by atoms with Crippen LogP contribution in [0.2, 0.25) is 0 Å². The van der Waals surface area contributed by atoms with Crippen molar-refractivity contribution in [2.45, 2.75) is 25.5 Å². The van der Waals surface area contributed by atoms with Gasteiger partial charge in [-0.05, 0) is 66.6 Å². The van der Waals surface area contributed by atoms with E-state index in [-0.39, 0.29) is 23.2 Å². The van der Waals surface area contributed by atoms with Crippen LogP contribution in [0.1, 0.15) is 29.7 Å². The Kier molecular flexibility index (Phi) is 5.38. The fraction of sp³-hybridized carbons (Fsp3) is 0.179. The minimum absolute atomic E-state index is 0.0210. The van der Waals surface area contributed by atoms with Crippen LogP contribution in [0.4, 0.5) is 5.13 Å². The van der Waals surface area contributed by atoms with Crippen molar-refractivity contribution in [2.75, 3.05) is 12.0 Å². The number of anilines is 1. The highest BCUT2D eigenvalue weighted by Gasteiger charge is 2.48. The number of benzene rings is 3. The van der Waals surface area contributed by atoms with E-state index in [9.17, 15) is 19.8 Å². The molecule has 2 atom stereocenters. The quantitative estimate of drug-likeness (QED) is 0.225. The van der Waals surface area contributed by atoms with Gasteiger partial charge in [0, 0.05) is 12.0 Å². The molecule has 8 nitrogen and oxygen atoms in total. The van der Waals surface area contributed by atoms with Crippen LogP contribution >= 0.6 is 11.3 Å². The maximum Gasteiger partial charge on any atom is 0.301 e. The van der Waals surface area contributed by atoms with E-state index in [0.717, 1.165) is 16.0 Å². The summed E-state index contributed by atoms with van der Waals surface area (Å²) in [4.78, 5) is 32.8. The van der Waals surface area contributed by atoms with Crippen molar-refractivity contribution in [1.29, 1.82) is 0 Å². The van der Waals surface area contributed by atoms with E-state index in [1.807, 2.05) is 13.0 Å². The van der Waals surface area contributed by atoms with Gasteiger partial charge in [0.2, 0.25) is 0 Å². The number of aliphatic hydroxyl groups excluding tert-OH is 1. The zero-order valence-corrected chi connectivity index (χ0v) is 20.8. The Morgan fingerprint density at radius 2 is 1.89 bits per heavy atom. The van der Waals surface area contributed by atoms with Crippen molar-refractivity contribution in [2.24, 2.45) is 0 Å². The van der Waals surface area contributed by atoms with Gasteiger partial charge in [-0.3, -0.25) is 14.5 Å². The smallest absolute Gasteiger partial charge is 0.301 e. The Hall–Kier alpha value is -4.37. The monoisotopic (exact) mass is 514 g/mol. The number of hydrogen-bond donors (Lipinski definition) is 2. The topological polar surface area (TPSA) is 109 Å². The molecule has 9 heteroatoms. The van der Waals surface area contributed by atoms with Crippen molar-refractivity contribution in [1.82, 2.24) is 4.98 Å². The van der Waals surface area contributed by atoms with Gasteiger partial charge in [0.25, 0.3) is 5.78 Å². The van der Waals surface area contributed by atoms with Crippen LogP contribution in [0.15, 0.2) is 66.2 Å². The van der Waals surface area contributed by atoms with Crippen LogP contribution in [-0.4, -0.2) is 40.1 Å². The molecule has 2 aliphatic heterocycles. The summed E-state index contributed by atoms with van der Waals surface area (Å²) in [6, 6.07) is 15.9. The van der Waals surface area contributed by atoms with Gasteiger partial charge in [-0.15, -0.1) is 0 Å². The molecule has 3 heterocycles. The number of aliphatic hydroxyl groups is 1. The zero-order chi connectivity index (χ0) is 25.8. The number of methoxy groups -OCH3 is 1. The number of nitrogens with zero attached hydrogens (tertiary/aromatic N) is 2. The summed E-state index contributed by atoms with van der Waals surface area (Å²) in [5.74, 6) is -0.440. The molecular formula is C28H22N2O6S. The molecule has 0 saturated carbocycles. The molecule has 37 heavy (non-hydrogen) atoms. The largest absolute Gasteiger partial charge is 0.508 e. The molecule has 0 spiro atoms. The lowest BCUT2D eigenvalue weighted by atomic mass is 9.94. The Morgan fingerprint density at radius 3 is 2.65 bits per heavy atom. The lowest BCUT2D eigenvalue weighted by Gasteiger charge is -2.23. The number of aromatic nitrogens is 1. The summed E-state index contributed by atoms with van der Waals surface area (Å²) in [5.41, 5.74) is 2.51. The predicted molar refractivity (Wildman–Crippen MR) is 139 cm³/mol. The number of fused-ring (bicyclic) bond motifs is 2. The van der Waals surface area contributed by atoms with E-state index >= 15 is 0 Å². The van der Waals surface area contributed by atoms with Crippen LogP contribution in [-0.2, 0) is 16.0 Å². The number of ether oxygens (including phenoxy) is 2. The van der Waals surface area contributed by atoms with Crippen molar-refractivity contribution in [3.05, 3.63) is 82.9 Å². The van der Waals surface area contributed by atoms with Gasteiger partial charge < -0.3 is 19.7 Å². The molecule has 3 aromatic carbocycles. The zero-order valence-electron chi connectivity index (χ0n) is 20.0. The Bertz CT molecular complexity index is 1610. The third-order valence-corrected chi connectivity index (χ3v) is 7.63. The maximum atomic E-state index is 13.4. The predicted octanol–water partition coefficient (Wildman–Crippen LogP) is 4.96. The van der Waals surface area contributed by atoms with Crippen LogP contribution in [0.5, 0.6) is 17.2 Å². The number of thiazole rings is 1. The van der Waals surface area contributed by atoms with Crippen LogP contribution in [0, 0.1) is 0 Å². The highest BCUT2D eigenvalue weighted by molar-refractivity contribution is 7.22. The van der Waals surface area contributed by atoms with E-state index in [4.69, 9.17) is 9.47 Å². The Morgan fingerprint density at radius 1 is 1.11 bits per heavy atom. The molecule has 1 saturated heterocycles. The van der Waals surface area contributed by atoms with Gasteiger partial charge in [0.05, 0.1) is 28.9 Å². The summed E-state index contributed by atoms with van der Waals surface area (Å²) in [6.45, 7) is 1.96. The van der Waals surface area contributed by atoms with Crippen LogP contribution < -0.4 is 14.4 Å². The lowest BCUT2D eigenvalue weighted by Crippen LogP contribution is -2.29. The summed E-state index contributed by atoms with van der Waals surface area (Å²) >= 11 is 1.25. The number of aromatic hydroxyl groups is 1. The fourth-order valence-corrected chi connectivity index (χ4v) is 5.87. The van der Waals surface area contributed by atoms with Crippen molar-refractivity contribution < 1.29 is 29.3 Å². The Labute approximate surface area is 216 Å². The Balaban J connectivity index is 1.52. The van der Waals surface area contributed by atoms with E-state index in [1.54, 1.807) is 49.6 Å². The average Bonchev–Trinajstić information content (AvgIpc) is 3.55. The van der Waals surface area contributed by atoms with Gasteiger partial charge in [-0.2, -0.15) is 0 Å². The highest BCUT2D eigenvalue weighted by atomic mass is 32.1. The molecule has 0 unspecified atom stereocenters. The van der Waals surface area contributed by atoms with E-state index in [0.29, 0.717) is 33.9 Å². The molecule has 2 N–H and O–H groups in total. The second-order valence-corrected chi connectivity index (χ2v) is 10.1. The molecule has 186 valence electrons. The lowest BCUT2D eigenvalue weighted by molar-refractivity contribution is -0.132. The van der Waals surface area contributed by atoms with E-state index in [1.165, 1.54) is 28.4 Å². The molecular weight excluding hydrogens is 492 g/mol. The number of carbonyl (C=O) groups excluding carboxylic acids is 2. The molecule has 1 fully saturated rings. The first kappa shape index (κ1) is 23.1. The fourth-order valence-electron chi connectivity index (χ4n) is 4.85. The van der Waals surface area contributed by atoms with E-state index in [2.05, 4.69) is 4.98 Å². The maximum absolute atomic E-state index is 13.4. The van der Waals surface area contributed by atoms with Crippen LogP contribution in [0.25, 0.3) is 16.0 Å². The summed E-state index contributed by atoms with van der Waals surface area (Å²) in [6.07, 6.45) is 0.703.